The molecule has 0 fully saturated rings. The van der Waals surface area contributed by atoms with Gasteiger partial charge >= 0.3 is 10.2 Å². The molecule has 0 aliphatic heterocycles. The molecule has 0 aliphatic carbocycles. The second-order valence-electron chi connectivity index (χ2n) is 4.18. The van der Waals surface area contributed by atoms with Crippen molar-refractivity contribution in [3.63, 3.8) is 0 Å². The van der Waals surface area contributed by atoms with E-state index >= 15 is 0 Å². The Bertz CT molecular complexity index is 611. The monoisotopic (exact) mass is 296 g/mol. The first kappa shape index (κ1) is 16.5. The minimum atomic E-state index is -3.55. The zero-order valence-electron chi connectivity index (χ0n) is 12.0. The third-order valence-electron chi connectivity index (χ3n) is 2.83. The molecule has 0 unspecified atom stereocenters. The van der Waals surface area contributed by atoms with Gasteiger partial charge in [0.2, 0.25) is 0 Å². The van der Waals surface area contributed by atoms with Gasteiger partial charge < -0.3 is 5.11 Å². The molecule has 2 N–H and O–H groups in total. The van der Waals surface area contributed by atoms with Crippen LogP contribution in [0.5, 0.6) is 0 Å². The van der Waals surface area contributed by atoms with Crippen LogP contribution in [0.4, 0.5) is 5.69 Å². The van der Waals surface area contributed by atoms with Crippen LogP contribution >= 0.6 is 0 Å². The number of rotatable bonds is 5. The van der Waals surface area contributed by atoms with Crippen molar-refractivity contribution < 1.29 is 13.5 Å². The molecule has 0 bridgehead atoms. The highest BCUT2D eigenvalue weighted by atomic mass is 32.2. The first-order chi connectivity index (χ1) is 9.44. The molecule has 0 amide bonds. The highest BCUT2D eigenvalue weighted by Crippen LogP contribution is 2.19. The highest BCUT2D eigenvalue weighted by Gasteiger charge is 2.19. The molecule has 0 saturated carbocycles. The van der Waals surface area contributed by atoms with Crippen LogP contribution in [-0.4, -0.2) is 37.5 Å². The molecule has 0 heterocycles. The predicted octanol–water partition coefficient (Wildman–Crippen LogP) is 1.34. The summed E-state index contributed by atoms with van der Waals surface area (Å²) >= 11 is 0. The minimum Gasteiger partial charge on any atom is -0.384 e. The van der Waals surface area contributed by atoms with Crippen molar-refractivity contribution in [2.75, 3.05) is 24.4 Å². The quantitative estimate of drug-likeness (QED) is 0.806. The molecule has 6 heteroatoms. The predicted molar refractivity (Wildman–Crippen MR) is 80.6 cm³/mol. The molecule has 0 aromatic heterocycles. The highest BCUT2D eigenvalue weighted by molar-refractivity contribution is 7.90. The van der Waals surface area contributed by atoms with Crippen molar-refractivity contribution >= 4 is 15.9 Å². The Morgan fingerprint density at radius 3 is 2.50 bits per heavy atom. The zero-order chi connectivity index (χ0) is 15.2. The Hall–Kier alpha value is -1.55. The van der Waals surface area contributed by atoms with Crippen molar-refractivity contribution in [2.24, 2.45) is 0 Å². The second kappa shape index (κ2) is 7.29. The molecule has 0 saturated heterocycles. The molecule has 20 heavy (non-hydrogen) atoms. The van der Waals surface area contributed by atoms with E-state index in [1.807, 2.05) is 6.92 Å². The number of benzene rings is 1. The standard InChI is InChI=1S/C14H20N2O3S/c1-4-16(5-2)20(18,19)15-14-11-13(7-6-10-17)9-8-12(14)3/h8-9,11,15,17H,4-5,10H2,1-3H3. The zero-order valence-corrected chi connectivity index (χ0v) is 12.8. The Morgan fingerprint density at radius 2 is 1.95 bits per heavy atom. The van der Waals surface area contributed by atoms with E-state index in [1.165, 1.54) is 4.31 Å². The number of hydrogen-bond donors (Lipinski definition) is 2. The summed E-state index contributed by atoms with van der Waals surface area (Å²) in [5.74, 6) is 5.29. The van der Waals surface area contributed by atoms with Crippen LogP contribution in [0, 0.1) is 18.8 Å². The Labute approximate surface area is 120 Å². The van der Waals surface area contributed by atoms with E-state index in [4.69, 9.17) is 5.11 Å². The van der Waals surface area contributed by atoms with E-state index in [1.54, 1.807) is 32.0 Å². The number of aliphatic hydroxyl groups is 1. The first-order valence-corrected chi connectivity index (χ1v) is 7.86. The minimum absolute atomic E-state index is 0.228. The normalized spacial score (nSPS) is 11.1. The smallest absolute Gasteiger partial charge is 0.301 e. The lowest BCUT2D eigenvalue weighted by Gasteiger charge is -2.20. The lowest BCUT2D eigenvalue weighted by atomic mass is 10.1. The van der Waals surface area contributed by atoms with Crippen LogP contribution in [0.15, 0.2) is 18.2 Å². The Balaban J connectivity index is 3.08. The van der Waals surface area contributed by atoms with Gasteiger partial charge in [-0.05, 0) is 24.6 Å². The summed E-state index contributed by atoms with van der Waals surface area (Å²) in [6.45, 7) is 6.00. The van der Waals surface area contributed by atoms with Crippen LogP contribution in [0.1, 0.15) is 25.0 Å². The largest absolute Gasteiger partial charge is 0.384 e. The van der Waals surface area contributed by atoms with Gasteiger partial charge in [0.05, 0.1) is 5.69 Å². The number of aryl methyl sites for hydroxylation is 1. The molecule has 0 radical (unpaired) electrons. The van der Waals surface area contributed by atoms with Crippen molar-refractivity contribution in [3.05, 3.63) is 29.3 Å². The van der Waals surface area contributed by atoms with E-state index in [2.05, 4.69) is 16.6 Å². The SMILES string of the molecule is CCN(CC)S(=O)(=O)Nc1cc(C#CCO)ccc1C. The molecule has 5 nitrogen and oxygen atoms in total. The first-order valence-electron chi connectivity index (χ1n) is 6.42. The molecule has 110 valence electrons. The molecule has 1 aromatic rings. The fraction of sp³-hybridized carbons (Fsp3) is 0.429. The second-order valence-corrected chi connectivity index (χ2v) is 5.85. The molecule has 1 rings (SSSR count). The maximum absolute atomic E-state index is 12.2. The maximum Gasteiger partial charge on any atom is 0.301 e. The average Bonchev–Trinajstić information content (AvgIpc) is 2.40. The molecule has 0 aliphatic rings. The Kier molecular flexibility index (Phi) is 6.02. The number of anilines is 1. The molecule has 1 aromatic carbocycles. The number of hydrogen-bond acceptors (Lipinski definition) is 3. The van der Waals surface area contributed by atoms with E-state index in [-0.39, 0.29) is 6.61 Å². The summed E-state index contributed by atoms with van der Waals surface area (Å²) in [5.41, 5.74) is 1.97. The number of nitrogens with one attached hydrogen (secondary N) is 1. The van der Waals surface area contributed by atoms with E-state index in [0.29, 0.717) is 24.3 Å². The van der Waals surface area contributed by atoms with Crippen LogP contribution in [0.2, 0.25) is 0 Å². The fourth-order valence-electron chi connectivity index (χ4n) is 1.72. The molecular weight excluding hydrogens is 276 g/mol. The summed E-state index contributed by atoms with van der Waals surface area (Å²) in [4.78, 5) is 0. The molecule has 0 spiro atoms. The molecule has 0 atom stereocenters. The number of aliphatic hydroxyl groups excluding tert-OH is 1. The van der Waals surface area contributed by atoms with E-state index in [9.17, 15) is 8.42 Å². The van der Waals surface area contributed by atoms with Gasteiger partial charge in [0.1, 0.15) is 6.61 Å². The van der Waals surface area contributed by atoms with Gasteiger partial charge in [0.15, 0.2) is 0 Å². The van der Waals surface area contributed by atoms with Crippen LogP contribution in [0.25, 0.3) is 0 Å². The van der Waals surface area contributed by atoms with Gasteiger partial charge in [-0.1, -0.05) is 31.8 Å². The van der Waals surface area contributed by atoms with Gasteiger partial charge in [0, 0.05) is 18.7 Å². The Morgan fingerprint density at radius 1 is 1.30 bits per heavy atom. The van der Waals surface area contributed by atoms with Crippen molar-refractivity contribution in [2.45, 2.75) is 20.8 Å². The van der Waals surface area contributed by atoms with E-state index in [0.717, 1.165) is 5.56 Å². The van der Waals surface area contributed by atoms with Crippen molar-refractivity contribution in [1.82, 2.24) is 4.31 Å². The van der Waals surface area contributed by atoms with Crippen molar-refractivity contribution in [1.29, 1.82) is 0 Å². The number of nitrogens with zero attached hydrogens (tertiary/aromatic N) is 1. The third kappa shape index (κ3) is 4.23. The third-order valence-corrected chi connectivity index (χ3v) is 4.51. The summed E-state index contributed by atoms with van der Waals surface area (Å²) in [6.07, 6.45) is 0. The maximum atomic E-state index is 12.2. The van der Waals surface area contributed by atoms with Crippen LogP contribution < -0.4 is 4.72 Å². The summed E-state index contributed by atoms with van der Waals surface area (Å²) in [7, 11) is -3.55. The summed E-state index contributed by atoms with van der Waals surface area (Å²) < 4.78 is 28.3. The van der Waals surface area contributed by atoms with Gasteiger partial charge in [-0.3, -0.25) is 4.72 Å². The molecular formula is C14H20N2O3S. The van der Waals surface area contributed by atoms with Gasteiger partial charge in [0.25, 0.3) is 0 Å². The summed E-state index contributed by atoms with van der Waals surface area (Å²) in [5, 5.41) is 8.68. The van der Waals surface area contributed by atoms with E-state index < -0.39 is 10.2 Å². The topological polar surface area (TPSA) is 69.6 Å². The van der Waals surface area contributed by atoms with Gasteiger partial charge in [-0.15, -0.1) is 0 Å². The summed E-state index contributed by atoms with van der Waals surface area (Å²) in [6, 6.07) is 5.24. The lowest BCUT2D eigenvalue weighted by molar-refractivity contribution is 0.350. The van der Waals surface area contributed by atoms with Crippen molar-refractivity contribution in [3.8, 4) is 11.8 Å². The van der Waals surface area contributed by atoms with Gasteiger partial charge in [-0.25, -0.2) is 0 Å². The average molecular weight is 296 g/mol. The lowest BCUT2D eigenvalue weighted by Crippen LogP contribution is -2.35. The van der Waals surface area contributed by atoms with Gasteiger partial charge in [-0.2, -0.15) is 12.7 Å². The van der Waals surface area contributed by atoms with Crippen LogP contribution in [-0.2, 0) is 10.2 Å². The fourth-order valence-corrected chi connectivity index (χ4v) is 3.03. The van der Waals surface area contributed by atoms with Crippen LogP contribution in [0.3, 0.4) is 0 Å².